The molecule has 0 saturated heterocycles. The number of nitrogens with zero attached hydrogens (tertiary/aromatic N) is 2. The fraction of sp³-hybridized carbons (Fsp3) is 0.250. The van der Waals surface area contributed by atoms with Gasteiger partial charge in [0.05, 0.1) is 19.1 Å². The topological polar surface area (TPSA) is 67.2 Å². The molecular formula is C16H17N3O2. The van der Waals surface area contributed by atoms with Crippen molar-refractivity contribution in [1.29, 1.82) is 0 Å². The molecule has 0 spiro atoms. The molecule has 0 atom stereocenters. The maximum Gasteiger partial charge on any atom is 0.273 e. The van der Waals surface area contributed by atoms with Gasteiger partial charge in [0.2, 0.25) is 0 Å². The van der Waals surface area contributed by atoms with Gasteiger partial charge in [-0.25, -0.2) is 4.98 Å². The Bertz CT molecular complexity index is 708. The molecule has 0 unspecified atom stereocenters. The summed E-state index contributed by atoms with van der Waals surface area (Å²) in [4.78, 5) is 16.1. The minimum absolute atomic E-state index is 0.0445. The number of anilines is 1. The fourth-order valence-electron chi connectivity index (χ4n) is 1.92. The van der Waals surface area contributed by atoms with Crippen molar-refractivity contribution in [3.05, 3.63) is 47.5 Å². The molecule has 1 heterocycles. The lowest BCUT2D eigenvalue weighted by Gasteiger charge is -2.07. The molecule has 5 heteroatoms. The lowest BCUT2D eigenvalue weighted by Crippen LogP contribution is -2.15. The molecule has 108 valence electrons. The summed E-state index contributed by atoms with van der Waals surface area (Å²) in [6.45, 7) is 1.99. The van der Waals surface area contributed by atoms with E-state index in [0.29, 0.717) is 17.8 Å². The number of hydrogen-bond acceptors (Lipinski definition) is 3. The first-order valence-electron chi connectivity index (χ1n) is 6.59. The van der Waals surface area contributed by atoms with Gasteiger partial charge in [0.1, 0.15) is 5.69 Å². The van der Waals surface area contributed by atoms with Gasteiger partial charge in [0, 0.05) is 24.7 Å². The maximum absolute atomic E-state index is 12.1. The van der Waals surface area contributed by atoms with Crippen LogP contribution in [0.25, 0.3) is 0 Å². The van der Waals surface area contributed by atoms with E-state index in [2.05, 4.69) is 22.1 Å². The highest BCUT2D eigenvalue weighted by atomic mass is 16.2. The Balaban J connectivity index is 2.19. The van der Waals surface area contributed by atoms with Crippen LogP contribution in [0, 0.1) is 18.8 Å². The molecule has 2 N–H and O–H groups in total. The predicted octanol–water partition coefficient (Wildman–Crippen LogP) is 1.71. The van der Waals surface area contributed by atoms with Gasteiger partial charge in [-0.3, -0.25) is 4.79 Å². The third kappa shape index (κ3) is 3.94. The van der Waals surface area contributed by atoms with Crippen LogP contribution in [-0.2, 0) is 7.05 Å². The van der Waals surface area contributed by atoms with Crippen LogP contribution in [0.15, 0.2) is 30.7 Å². The van der Waals surface area contributed by atoms with Crippen molar-refractivity contribution in [2.24, 2.45) is 7.05 Å². The highest BCUT2D eigenvalue weighted by molar-refractivity contribution is 6.03. The van der Waals surface area contributed by atoms with E-state index in [1.54, 1.807) is 17.9 Å². The Morgan fingerprint density at radius 3 is 2.90 bits per heavy atom. The molecule has 1 aromatic heterocycles. The minimum Gasteiger partial charge on any atom is -0.395 e. The number of aryl methyl sites for hydroxylation is 2. The van der Waals surface area contributed by atoms with E-state index in [0.717, 1.165) is 11.1 Å². The molecule has 0 bridgehead atoms. The van der Waals surface area contributed by atoms with Crippen LogP contribution < -0.4 is 5.32 Å². The van der Waals surface area contributed by atoms with Crippen LogP contribution in [0.4, 0.5) is 5.69 Å². The molecule has 0 aliphatic carbocycles. The summed E-state index contributed by atoms with van der Waals surface area (Å²) in [5.74, 6) is 5.62. The number of benzene rings is 1. The number of aliphatic hydroxyl groups is 1. The SMILES string of the molecule is Cc1cc(C#CCCO)cc(NC(=O)c2cncn2C)c1. The first kappa shape index (κ1) is 14.8. The number of amides is 1. The Morgan fingerprint density at radius 1 is 1.43 bits per heavy atom. The van der Waals surface area contributed by atoms with Crippen LogP contribution in [0.1, 0.15) is 28.0 Å². The van der Waals surface area contributed by atoms with Crippen molar-refractivity contribution in [2.75, 3.05) is 11.9 Å². The summed E-state index contributed by atoms with van der Waals surface area (Å²) in [5.41, 5.74) is 2.99. The number of carbonyl (C=O) groups is 1. The first-order valence-corrected chi connectivity index (χ1v) is 6.59. The average molecular weight is 283 g/mol. The second-order valence-corrected chi connectivity index (χ2v) is 4.71. The summed E-state index contributed by atoms with van der Waals surface area (Å²) in [5, 5.41) is 11.6. The van der Waals surface area contributed by atoms with Gasteiger partial charge in [0.25, 0.3) is 5.91 Å². The zero-order valence-corrected chi connectivity index (χ0v) is 12.1. The van der Waals surface area contributed by atoms with E-state index in [9.17, 15) is 4.79 Å². The van der Waals surface area contributed by atoms with Gasteiger partial charge in [0.15, 0.2) is 0 Å². The monoisotopic (exact) mass is 283 g/mol. The van der Waals surface area contributed by atoms with Gasteiger partial charge in [-0.05, 0) is 30.7 Å². The van der Waals surface area contributed by atoms with Crippen molar-refractivity contribution in [1.82, 2.24) is 9.55 Å². The number of imidazole rings is 1. The number of rotatable bonds is 3. The second-order valence-electron chi connectivity index (χ2n) is 4.71. The quantitative estimate of drug-likeness (QED) is 0.843. The van der Waals surface area contributed by atoms with Crippen LogP contribution in [-0.4, -0.2) is 27.2 Å². The normalized spacial score (nSPS) is 9.86. The molecule has 0 radical (unpaired) electrons. The van der Waals surface area contributed by atoms with E-state index in [4.69, 9.17) is 5.11 Å². The van der Waals surface area contributed by atoms with Crippen LogP contribution in [0.5, 0.6) is 0 Å². The lowest BCUT2D eigenvalue weighted by atomic mass is 10.1. The van der Waals surface area contributed by atoms with Crippen molar-refractivity contribution >= 4 is 11.6 Å². The van der Waals surface area contributed by atoms with Gasteiger partial charge in [-0.2, -0.15) is 0 Å². The standard InChI is InChI=1S/C16H17N3O2/c1-12-7-13(5-3-4-6-20)9-14(8-12)18-16(21)15-10-17-11-19(15)2/h7-11,20H,4,6H2,1-2H3,(H,18,21). The molecule has 5 nitrogen and oxygen atoms in total. The smallest absolute Gasteiger partial charge is 0.273 e. The van der Waals surface area contributed by atoms with E-state index < -0.39 is 0 Å². The van der Waals surface area contributed by atoms with Crippen molar-refractivity contribution in [2.45, 2.75) is 13.3 Å². The Labute approximate surface area is 123 Å². The number of carbonyl (C=O) groups excluding carboxylic acids is 1. The molecule has 1 amide bonds. The fourth-order valence-corrected chi connectivity index (χ4v) is 1.92. The summed E-state index contributed by atoms with van der Waals surface area (Å²) in [6, 6.07) is 5.63. The number of aliphatic hydroxyl groups excluding tert-OH is 1. The number of hydrogen-bond donors (Lipinski definition) is 2. The van der Waals surface area contributed by atoms with Crippen LogP contribution in [0.3, 0.4) is 0 Å². The van der Waals surface area contributed by atoms with Gasteiger partial charge in [-0.15, -0.1) is 0 Å². The first-order chi connectivity index (χ1) is 10.1. The van der Waals surface area contributed by atoms with Crippen molar-refractivity contribution in [3.63, 3.8) is 0 Å². The molecular weight excluding hydrogens is 266 g/mol. The van der Waals surface area contributed by atoms with Gasteiger partial charge in [-0.1, -0.05) is 11.8 Å². The molecule has 2 rings (SSSR count). The maximum atomic E-state index is 12.1. The minimum atomic E-state index is -0.213. The summed E-state index contributed by atoms with van der Waals surface area (Å²) < 4.78 is 1.66. The molecule has 1 aromatic carbocycles. The van der Waals surface area contributed by atoms with E-state index in [-0.39, 0.29) is 12.5 Å². The zero-order chi connectivity index (χ0) is 15.2. The zero-order valence-electron chi connectivity index (χ0n) is 12.1. The molecule has 0 aliphatic rings. The highest BCUT2D eigenvalue weighted by Crippen LogP contribution is 2.15. The summed E-state index contributed by atoms with van der Waals surface area (Å²) >= 11 is 0. The second kappa shape index (κ2) is 6.73. The van der Waals surface area contributed by atoms with Crippen LogP contribution >= 0.6 is 0 Å². The van der Waals surface area contributed by atoms with Crippen LogP contribution in [0.2, 0.25) is 0 Å². The highest BCUT2D eigenvalue weighted by Gasteiger charge is 2.10. The Kier molecular flexibility index (Phi) is 4.75. The summed E-state index contributed by atoms with van der Waals surface area (Å²) in [7, 11) is 1.77. The van der Waals surface area contributed by atoms with Crippen molar-refractivity contribution < 1.29 is 9.90 Å². The van der Waals surface area contributed by atoms with Gasteiger partial charge >= 0.3 is 0 Å². The molecule has 0 saturated carbocycles. The molecule has 21 heavy (non-hydrogen) atoms. The van der Waals surface area contributed by atoms with E-state index >= 15 is 0 Å². The van der Waals surface area contributed by atoms with E-state index in [1.165, 1.54) is 6.20 Å². The lowest BCUT2D eigenvalue weighted by molar-refractivity contribution is 0.101. The predicted molar refractivity (Wildman–Crippen MR) is 80.9 cm³/mol. The average Bonchev–Trinajstić information content (AvgIpc) is 2.85. The molecule has 0 fully saturated rings. The van der Waals surface area contributed by atoms with Crippen molar-refractivity contribution in [3.8, 4) is 11.8 Å². The molecule has 0 aliphatic heterocycles. The largest absolute Gasteiger partial charge is 0.395 e. The Hall–Kier alpha value is -2.58. The third-order valence-electron chi connectivity index (χ3n) is 2.85. The third-order valence-corrected chi connectivity index (χ3v) is 2.85. The number of aromatic nitrogens is 2. The van der Waals surface area contributed by atoms with Gasteiger partial charge < -0.3 is 15.0 Å². The Morgan fingerprint density at radius 2 is 2.24 bits per heavy atom. The van der Waals surface area contributed by atoms with E-state index in [1.807, 2.05) is 25.1 Å². The number of nitrogens with one attached hydrogen (secondary N) is 1. The summed E-state index contributed by atoms with van der Waals surface area (Å²) in [6.07, 6.45) is 3.54. The molecule has 2 aromatic rings.